The van der Waals surface area contributed by atoms with Gasteiger partial charge in [-0.05, 0) is 17.5 Å². The Labute approximate surface area is 107 Å². The van der Waals surface area contributed by atoms with Crippen LogP contribution in [-0.4, -0.2) is 21.3 Å². The standard InChI is InChI=1S/C13H8N2O2S/c16-13(17)11-8-4-1-2-5-9(8)14-15-12(11)10-6-3-7-18-10/h1-7H,(H,16,17). The van der Waals surface area contributed by atoms with Gasteiger partial charge in [0.2, 0.25) is 0 Å². The highest BCUT2D eigenvalue weighted by Crippen LogP contribution is 2.29. The Balaban J connectivity index is 2.39. The molecule has 0 spiro atoms. The second-order valence-corrected chi connectivity index (χ2v) is 4.67. The van der Waals surface area contributed by atoms with Crippen LogP contribution >= 0.6 is 11.3 Å². The van der Waals surface area contributed by atoms with Crippen LogP contribution in [0.25, 0.3) is 21.5 Å². The third-order valence-corrected chi connectivity index (χ3v) is 3.51. The number of fused-ring (bicyclic) bond motifs is 1. The topological polar surface area (TPSA) is 63.1 Å². The molecule has 0 amide bonds. The zero-order valence-corrected chi connectivity index (χ0v) is 10.0. The van der Waals surface area contributed by atoms with E-state index in [0.29, 0.717) is 16.6 Å². The van der Waals surface area contributed by atoms with Crippen molar-refractivity contribution in [2.24, 2.45) is 0 Å². The molecular formula is C13H8N2O2S. The zero-order chi connectivity index (χ0) is 12.5. The van der Waals surface area contributed by atoms with Gasteiger partial charge in [-0.15, -0.1) is 21.5 Å². The maximum Gasteiger partial charge on any atom is 0.338 e. The molecule has 88 valence electrons. The fourth-order valence-corrected chi connectivity index (χ4v) is 2.57. The molecule has 1 aromatic carbocycles. The predicted molar refractivity (Wildman–Crippen MR) is 69.8 cm³/mol. The van der Waals surface area contributed by atoms with Gasteiger partial charge < -0.3 is 5.11 Å². The monoisotopic (exact) mass is 256 g/mol. The molecule has 0 aliphatic rings. The summed E-state index contributed by atoms with van der Waals surface area (Å²) in [5.74, 6) is -0.982. The van der Waals surface area contributed by atoms with Crippen molar-refractivity contribution in [3.63, 3.8) is 0 Å². The SMILES string of the molecule is O=C(O)c1c(-c2cccs2)nnc2ccccc12. The van der Waals surface area contributed by atoms with Crippen LogP contribution in [0.4, 0.5) is 0 Å². The molecule has 18 heavy (non-hydrogen) atoms. The Morgan fingerprint density at radius 1 is 1.11 bits per heavy atom. The number of carbonyl (C=O) groups is 1. The first-order valence-electron chi connectivity index (χ1n) is 5.30. The van der Waals surface area contributed by atoms with Crippen molar-refractivity contribution in [2.45, 2.75) is 0 Å². The molecule has 0 radical (unpaired) electrons. The highest BCUT2D eigenvalue weighted by atomic mass is 32.1. The van der Waals surface area contributed by atoms with Gasteiger partial charge in [0.15, 0.2) is 0 Å². The van der Waals surface area contributed by atoms with Crippen molar-refractivity contribution in [1.29, 1.82) is 0 Å². The molecule has 0 saturated carbocycles. The van der Waals surface area contributed by atoms with Crippen LogP contribution in [0.15, 0.2) is 41.8 Å². The van der Waals surface area contributed by atoms with Crippen LogP contribution in [0.2, 0.25) is 0 Å². The van der Waals surface area contributed by atoms with E-state index in [0.717, 1.165) is 4.88 Å². The molecule has 0 atom stereocenters. The van der Waals surface area contributed by atoms with Crippen molar-refractivity contribution in [1.82, 2.24) is 10.2 Å². The number of aromatic nitrogens is 2. The summed E-state index contributed by atoms with van der Waals surface area (Å²) in [7, 11) is 0. The molecule has 0 bridgehead atoms. The Morgan fingerprint density at radius 3 is 2.67 bits per heavy atom. The Bertz CT molecular complexity index is 723. The average molecular weight is 256 g/mol. The van der Waals surface area contributed by atoms with E-state index in [-0.39, 0.29) is 5.56 Å². The number of carboxylic acids is 1. The number of hydrogen-bond acceptors (Lipinski definition) is 4. The van der Waals surface area contributed by atoms with Crippen molar-refractivity contribution in [3.8, 4) is 10.6 Å². The summed E-state index contributed by atoms with van der Waals surface area (Å²) in [5, 5.41) is 20.0. The van der Waals surface area contributed by atoms with Crippen LogP contribution in [0, 0.1) is 0 Å². The number of nitrogens with zero attached hydrogens (tertiary/aromatic N) is 2. The van der Waals surface area contributed by atoms with Crippen LogP contribution in [0.5, 0.6) is 0 Å². The molecule has 2 heterocycles. The summed E-state index contributed by atoms with van der Waals surface area (Å²) >= 11 is 1.45. The van der Waals surface area contributed by atoms with Gasteiger partial charge in [-0.25, -0.2) is 4.79 Å². The third kappa shape index (κ3) is 1.65. The number of benzene rings is 1. The number of carboxylic acid groups (broad SMARTS) is 1. The van der Waals surface area contributed by atoms with Crippen LogP contribution in [0.1, 0.15) is 10.4 Å². The maximum absolute atomic E-state index is 11.5. The van der Waals surface area contributed by atoms with E-state index in [1.165, 1.54) is 11.3 Å². The molecule has 5 heteroatoms. The summed E-state index contributed by atoms with van der Waals surface area (Å²) in [5.41, 5.74) is 1.23. The number of thiophene rings is 1. The number of hydrogen-bond donors (Lipinski definition) is 1. The van der Waals surface area contributed by atoms with Gasteiger partial charge >= 0.3 is 5.97 Å². The molecule has 3 aromatic rings. The lowest BCUT2D eigenvalue weighted by Crippen LogP contribution is -2.04. The maximum atomic E-state index is 11.5. The van der Waals surface area contributed by atoms with Crippen LogP contribution < -0.4 is 0 Å². The predicted octanol–water partition coefficient (Wildman–Crippen LogP) is 3.06. The quantitative estimate of drug-likeness (QED) is 0.765. The van der Waals surface area contributed by atoms with Gasteiger partial charge in [-0.3, -0.25) is 0 Å². The smallest absolute Gasteiger partial charge is 0.338 e. The molecule has 0 unspecified atom stereocenters. The van der Waals surface area contributed by atoms with Gasteiger partial charge in [0.1, 0.15) is 5.69 Å². The van der Waals surface area contributed by atoms with Crippen LogP contribution in [-0.2, 0) is 0 Å². The number of rotatable bonds is 2. The minimum absolute atomic E-state index is 0.211. The van der Waals surface area contributed by atoms with E-state index in [4.69, 9.17) is 0 Å². The molecule has 4 nitrogen and oxygen atoms in total. The minimum Gasteiger partial charge on any atom is -0.478 e. The van der Waals surface area contributed by atoms with Gasteiger partial charge in [0.05, 0.1) is 16.0 Å². The van der Waals surface area contributed by atoms with Gasteiger partial charge in [0, 0.05) is 5.39 Å². The van der Waals surface area contributed by atoms with E-state index in [2.05, 4.69) is 10.2 Å². The summed E-state index contributed by atoms with van der Waals surface area (Å²) in [6.45, 7) is 0. The third-order valence-electron chi connectivity index (χ3n) is 2.64. The first-order valence-corrected chi connectivity index (χ1v) is 6.18. The van der Waals surface area contributed by atoms with Crippen molar-refractivity contribution < 1.29 is 9.90 Å². The lowest BCUT2D eigenvalue weighted by atomic mass is 10.1. The lowest BCUT2D eigenvalue weighted by Gasteiger charge is -2.05. The Morgan fingerprint density at radius 2 is 1.94 bits per heavy atom. The highest BCUT2D eigenvalue weighted by Gasteiger charge is 2.18. The van der Waals surface area contributed by atoms with E-state index in [9.17, 15) is 9.90 Å². The Hall–Kier alpha value is -2.27. The first-order chi connectivity index (χ1) is 8.77. The molecule has 0 fully saturated rings. The fourth-order valence-electron chi connectivity index (χ4n) is 1.86. The summed E-state index contributed by atoms with van der Waals surface area (Å²) in [4.78, 5) is 12.3. The largest absolute Gasteiger partial charge is 0.478 e. The molecular weight excluding hydrogens is 248 g/mol. The van der Waals surface area contributed by atoms with E-state index in [1.54, 1.807) is 18.2 Å². The van der Waals surface area contributed by atoms with Crippen molar-refractivity contribution in [2.75, 3.05) is 0 Å². The lowest BCUT2D eigenvalue weighted by molar-refractivity contribution is 0.0699. The normalized spacial score (nSPS) is 10.7. The molecule has 1 N–H and O–H groups in total. The second-order valence-electron chi connectivity index (χ2n) is 3.72. The van der Waals surface area contributed by atoms with E-state index >= 15 is 0 Å². The van der Waals surface area contributed by atoms with E-state index < -0.39 is 5.97 Å². The summed E-state index contributed by atoms with van der Waals surface area (Å²) in [6.07, 6.45) is 0. The summed E-state index contributed by atoms with van der Waals surface area (Å²) in [6, 6.07) is 10.8. The summed E-state index contributed by atoms with van der Waals surface area (Å²) < 4.78 is 0. The molecule has 3 rings (SSSR count). The molecule has 2 aromatic heterocycles. The van der Waals surface area contributed by atoms with Gasteiger partial charge in [0.25, 0.3) is 0 Å². The fraction of sp³-hybridized carbons (Fsp3) is 0. The first kappa shape index (κ1) is 10.9. The van der Waals surface area contributed by atoms with Crippen molar-refractivity contribution >= 4 is 28.2 Å². The molecule has 0 aliphatic carbocycles. The Kier molecular flexibility index (Phi) is 2.53. The number of aromatic carboxylic acids is 1. The van der Waals surface area contributed by atoms with Crippen LogP contribution in [0.3, 0.4) is 0 Å². The molecule has 0 aliphatic heterocycles. The second kappa shape index (κ2) is 4.19. The van der Waals surface area contributed by atoms with Crippen molar-refractivity contribution in [3.05, 3.63) is 47.3 Å². The van der Waals surface area contributed by atoms with E-state index in [1.807, 2.05) is 23.6 Å². The highest BCUT2D eigenvalue weighted by molar-refractivity contribution is 7.13. The van der Waals surface area contributed by atoms with Gasteiger partial charge in [-0.2, -0.15) is 0 Å². The zero-order valence-electron chi connectivity index (χ0n) is 9.20. The molecule has 0 saturated heterocycles. The minimum atomic E-state index is -0.982. The van der Waals surface area contributed by atoms with Gasteiger partial charge in [-0.1, -0.05) is 24.3 Å². The average Bonchev–Trinajstić information content (AvgIpc) is 2.90.